The molecule has 0 amide bonds. The maximum Gasteiger partial charge on any atom is 0.0588 e. The second kappa shape index (κ2) is 10.7. The van der Waals surface area contributed by atoms with Crippen LogP contribution in [-0.4, -0.2) is 9.52 Å². The van der Waals surface area contributed by atoms with E-state index in [-0.39, 0.29) is 58.9 Å². The van der Waals surface area contributed by atoms with Gasteiger partial charge in [0.15, 0.2) is 0 Å². The summed E-state index contributed by atoms with van der Waals surface area (Å²) in [6.45, 7) is 6.66. The minimum absolute atomic E-state index is 0. The molecule has 0 saturated carbocycles. The summed E-state index contributed by atoms with van der Waals surface area (Å²) in [5.74, 6) is 0. The monoisotopic (exact) mass is 417 g/mol. The summed E-state index contributed by atoms with van der Waals surface area (Å²) in [5, 5.41) is 5.76. The minimum atomic E-state index is 0. The smallest absolute Gasteiger partial charge is 0.0588 e. The minimum Gasteiger partial charge on any atom is -0.165 e. The molecular weight excluding hydrogens is 399 g/mol. The Kier molecular flexibility index (Phi) is 11.6. The Morgan fingerprint density at radius 1 is 0.826 bits per heavy atom. The average molecular weight is 419 g/mol. The van der Waals surface area contributed by atoms with Crippen molar-refractivity contribution in [1.82, 2.24) is 0 Å². The van der Waals surface area contributed by atoms with Gasteiger partial charge in [0.25, 0.3) is 0 Å². The zero-order valence-corrected chi connectivity index (χ0v) is 18.4. The molecule has 0 aliphatic carbocycles. The molecule has 0 aromatic heterocycles. The van der Waals surface area contributed by atoms with E-state index in [4.69, 9.17) is 0 Å². The van der Waals surface area contributed by atoms with Crippen molar-refractivity contribution in [3.63, 3.8) is 0 Å². The standard InChI is InChI=1S/C18H17Si.3ClH.Ti/c1-12-7-6-10-17(14(12)3)19-18-13(2)11-15-8-4-5-9-16(15)18;;;;/h4-11H,1-3H3;3*1H;/q-1;;;;. The normalized spacial score (nSPS) is 9.17. The van der Waals surface area contributed by atoms with Gasteiger partial charge in [0.1, 0.15) is 0 Å². The van der Waals surface area contributed by atoms with E-state index < -0.39 is 0 Å². The molecule has 3 aromatic rings. The Morgan fingerprint density at radius 3 is 2.17 bits per heavy atom. The van der Waals surface area contributed by atoms with Gasteiger partial charge in [-0.15, -0.1) is 76.9 Å². The fraction of sp³-hybridized carbons (Fsp3) is 0.167. The van der Waals surface area contributed by atoms with E-state index in [9.17, 15) is 0 Å². The summed E-state index contributed by atoms with van der Waals surface area (Å²) >= 11 is 0. The van der Waals surface area contributed by atoms with E-state index in [0.717, 1.165) is 9.52 Å². The van der Waals surface area contributed by atoms with Gasteiger partial charge in [0.05, 0.1) is 9.52 Å². The van der Waals surface area contributed by atoms with Gasteiger partial charge in [-0.25, -0.2) is 0 Å². The van der Waals surface area contributed by atoms with Gasteiger partial charge in [-0.1, -0.05) is 41.9 Å². The summed E-state index contributed by atoms with van der Waals surface area (Å²) in [6, 6.07) is 17.6. The van der Waals surface area contributed by atoms with E-state index in [1.165, 1.54) is 37.8 Å². The summed E-state index contributed by atoms with van der Waals surface area (Å²) < 4.78 is 0. The van der Waals surface area contributed by atoms with Crippen molar-refractivity contribution in [3.8, 4) is 0 Å². The van der Waals surface area contributed by atoms with Gasteiger partial charge in [-0.2, -0.15) is 6.07 Å². The first kappa shape index (κ1) is 25.1. The van der Waals surface area contributed by atoms with Gasteiger partial charge in [-0.3, -0.25) is 0 Å². The summed E-state index contributed by atoms with van der Waals surface area (Å²) in [6.07, 6.45) is 0. The maximum atomic E-state index is 2.31. The predicted octanol–water partition coefficient (Wildman–Crippen LogP) is 4.40. The van der Waals surface area contributed by atoms with Crippen LogP contribution in [0.15, 0.2) is 48.5 Å². The van der Waals surface area contributed by atoms with Crippen LogP contribution in [-0.2, 0) is 21.7 Å². The second-order valence-corrected chi connectivity index (χ2v) is 6.45. The third kappa shape index (κ3) is 5.16. The number of fused-ring (bicyclic) bond motifs is 1. The molecule has 0 atom stereocenters. The predicted molar refractivity (Wildman–Crippen MR) is 107 cm³/mol. The molecule has 23 heavy (non-hydrogen) atoms. The molecule has 0 saturated heterocycles. The fourth-order valence-corrected chi connectivity index (χ4v) is 4.02. The van der Waals surface area contributed by atoms with Gasteiger partial charge < -0.3 is 0 Å². The Balaban J connectivity index is 0. The second-order valence-electron chi connectivity index (χ2n) is 5.16. The van der Waals surface area contributed by atoms with Crippen molar-refractivity contribution in [3.05, 3.63) is 65.2 Å². The van der Waals surface area contributed by atoms with Crippen LogP contribution in [0.1, 0.15) is 16.7 Å². The number of rotatable bonds is 2. The van der Waals surface area contributed by atoms with Crippen LogP contribution in [0.4, 0.5) is 0 Å². The molecule has 3 aromatic carbocycles. The van der Waals surface area contributed by atoms with Crippen molar-refractivity contribution in [2.45, 2.75) is 20.8 Å². The van der Waals surface area contributed by atoms with Crippen molar-refractivity contribution < 1.29 is 21.7 Å². The van der Waals surface area contributed by atoms with Crippen molar-refractivity contribution >= 4 is 67.9 Å². The molecule has 0 bridgehead atoms. The number of hydrogen-bond acceptors (Lipinski definition) is 0. The summed E-state index contributed by atoms with van der Waals surface area (Å²) in [5.41, 5.74) is 4.24. The van der Waals surface area contributed by atoms with E-state index in [2.05, 4.69) is 69.3 Å². The Morgan fingerprint density at radius 2 is 1.48 bits per heavy atom. The van der Waals surface area contributed by atoms with Crippen molar-refractivity contribution in [2.75, 3.05) is 0 Å². The summed E-state index contributed by atoms with van der Waals surface area (Å²) in [7, 11) is 0.749. The molecule has 122 valence electrons. The molecule has 0 nitrogen and oxygen atoms in total. The van der Waals surface area contributed by atoms with Crippen molar-refractivity contribution in [2.24, 2.45) is 0 Å². The molecule has 0 spiro atoms. The number of hydrogen-bond donors (Lipinski definition) is 0. The Labute approximate surface area is 174 Å². The first-order valence-electron chi connectivity index (χ1n) is 6.65. The van der Waals surface area contributed by atoms with Crippen LogP contribution in [0.3, 0.4) is 0 Å². The molecule has 3 rings (SSSR count). The van der Waals surface area contributed by atoms with Crippen LogP contribution in [0.25, 0.3) is 10.8 Å². The van der Waals surface area contributed by atoms with E-state index in [0.29, 0.717) is 0 Å². The summed E-state index contributed by atoms with van der Waals surface area (Å²) in [4.78, 5) is 0. The van der Waals surface area contributed by atoms with Gasteiger partial charge >= 0.3 is 0 Å². The number of aryl methyl sites for hydroxylation is 2. The van der Waals surface area contributed by atoms with Crippen LogP contribution in [0, 0.1) is 20.8 Å². The number of benzene rings is 2. The van der Waals surface area contributed by atoms with E-state index in [1.54, 1.807) is 0 Å². The van der Waals surface area contributed by atoms with Gasteiger partial charge in [-0.05, 0) is 19.4 Å². The zero-order valence-electron chi connectivity index (χ0n) is 13.3. The first-order valence-corrected chi connectivity index (χ1v) is 7.65. The average Bonchev–Trinajstić information content (AvgIpc) is 2.72. The molecule has 2 radical (unpaired) electrons. The molecule has 0 aliphatic rings. The van der Waals surface area contributed by atoms with Crippen molar-refractivity contribution in [1.29, 1.82) is 0 Å². The van der Waals surface area contributed by atoms with Crippen LogP contribution < -0.4 is 10.4 Å². The first-order chi connectivity index (χ1) is 9.16. The molecule has 5 heteroatoms. The molecule has 0 aliphatic heterocycles. The Hall–Kier alpha value is -0.149. The van der Waals surface area contributed by atoms with Crippen LogP contribution >= 0.6 is 37.2 Å². The van der Waals surface area contributed by atoms with E-state index >= 15 is 0 Å². The van der Waals surface area contributed by atoms with Gasteiger partial charge in [0.2, 0.25) is 0 Å². The van der Waals surface area contributed by atoms with E-state index in [1.807, 2.05) is 0 Å². The molecule has 0 fully saturated rings. The van der Waals surface area contributed by atoms with Crippen LogP contribution in [0.5, 0.6) is 0 Å². The SMILES string of the molecule is Cc1cccc([Si][c-]2c(C)cc3ccccc32)c1C.Cl.Cl.Cl.[Ti]. The van der Waals surface area contributed by atoms with Crippen LogP contribution in [0.2, 0.25) is 0 Å². The number of halogens is 3. The zero-order chi connectivity index (χ0) is 13.4. The maximum absolute atomic E-state index is 2.31. The molecule has 0 N–H and O–H groups in total. The topological polar surface area (TPSA) is 0 Å². The van der Waals surface area contributed by atoms with Gasteiger partial charge in [0, 0.05) is 21.7 Å². The molecule has 0 heterocycles. The molecule has 0 unspecified atom stereocenters. The quantitative estimate of drug-likeness (QED) is 0.427. The largest absolute Gasteiger partial charge is 0.165 e. The fourth-order valence-electron chi connectivity index (χ4n) is 2.56. The third-order valence-corrected chi connectivity index (χ3v) is 5.59. The third-order valence-electron chi connectivity index (χ3n) is 3.86. The molecular formula is C18H20Cl3SiTi-. The Bertz CT molecular complexity index is 753.